The van der Waals surface area contributed by atoms with Crippen LogP contribution in [0.1, 0.15) is 53.9 Å². The third-order valence-corrected chi connectivity index (χ3v) is 6.60. The molecule has 4 nitrogen and oxygen atoms in total. The summed E-state index contributed by atoms with van der Waals surface area (Å²) in [6.45, 7) is 6.51. The summed E-state index contributed by atoms with van der Waals surface area (Å²) in [4.78, 5) is 15.9. The number of rotatable bonds is 2. The van der Waals surface area contributed by atoms with Gasteiger partial charge < -0.3 is 15.0 Å². The predicted octanol–water partition coefficient (Wildman–Crippen LogP) is 4.09. The van der Waals surface area contributed by atoms with Crippen LogP contribution in [0.5, 0.6) is 0 Å². The van der Waals surface area contributed by atoms with E-state index < -0.39 is 0 Å². The number of carbonyl (C=O) groups excluding carboxylic acids is 1. The zero-order valence-electron chi connectivity index (χ0n) is 14.7. The molecule has 1 saturated heterocycles. The van der Waals surface area contributed by atoms with E-state index >= 15 is 0 Å². The van der Waals surface area contributed by atoms with Gasteiger partial charge in [-0.15, -0.1) is 11.3 Å². The summed E-state index contributed by atoms with van der Waals surface area (Å²) in [5, 5.41) is 4.96. The lowest BCUT2D eigenvalue weighted by molar-refractivity contribution is 0.0601. The average molecular weight is 367 g/mol. The SMILES string of the molecule is COC(=O)c1c(NC(=S)N2CCC[C@H](C)C2)sc2c1CC[C@@H](C)C2. The van der Waals surface area contributed by atoms with Gasteiger partial charge in [0.25, 0.3) is 0 Å². The fraction of sp³-hybridized carbons (Fsp3) is 0.667. The van der Waals surface area contributed by atoms with E-state index in [-0.39, 0.29) is 5.97 Å². The van der Waals surface area contributed by atoms with Gasteiger partial charge in [-0.05, 0) is 61.7 Å². The van der Waals surface area contributed by atoms with Crippen molar-refractivity contribution in [2.75, 3.05) is 25.5 Å². The Kier molecular flexibility index (Phi) is 5.45. The van der Waals surface area contributed by atoms with Gasteiger partial charge in [-0.1, -0.05) is 13.8 Å². The van der Waals surface area contributed by atoms with E-state index in [1.165, 1.54) is 30.4 Å². The number of hydrogen-bond donors (Lipinski definition) is 1. The minimum Gasteiger partial charge on any atom is -0.465 e. The smallest absolute Gasteiger partial charge is 0.341 e. The molecule has 2 heterocycles. The molecule has 1 aromatic heterocycles. The quantitative estimate of drug-likeness (QED) is 0.631. The molecule has 132 valence electrons. The number of ether oxygens (including phenoxy) is 1. The molecule has 0 unspecified atom stereocenters. The largest absolute Gasteiger partial charge is 0.465 e. The van der Waals surface area contributed by atoms with Crippen LogP contribution in [0.15, 0.2) is 0 Å². The number of thiocarbonyl (C=S) groups is 1. The molecule has 0 aromatic carbocycles. The van der Waals surface area contributed by atoms with Crippen molar-refractivity contribution in [3.8, 4) is 0 Å². The number of nitrogens with one attached hydrogen (secondary N) is 1. The first-order valence-corrected chi connectivity index (χ1v) is 10.0. The lowest BCUT2D eigenvalue weighted by Gasteiger charge is -2.33. The van der Waals surface area contributed by atoms with E-state index in [9.17, 15) is 4.79 Å². The number of fused-ring (bicyclic) bond motifs is 1. The number of thiophene rings is 1. The number of nitrogens with zero attached hydrogens (tertiary/aromatic N) is 1. The first kappa shape index (κ1) is 17.7. The van der Waals surface area contributed by atoms with E-state index in [1.54, 1.807) is 11.3 Å². The lowest BCUT2D eigenvalue weighted by Crippen LogP contribution is -2.41. The first-order valence-electron chi connectivity index (χ1n) is 8.78. The van der Waals surface area contributed by atoms with Crippen LogP contribution < -0.4 is 5.32 Å². The molecule has 1 aliphatic heterocycles. The number of carbonyl (C=O) groups is 1. The van der Waals surface area contributed by atoms with E-state index in [0.717, 1.165) is 42.5 Å². The van der Waals surface area contributed by atoms with E-state index in [4.69, 9.17) is 17.0 Å². The lowest BCUT2D eigenvalue weighted by atomic mass is 9.88. The van der Waals surface area contributed by atoms with Crippen molar-refractivity contribution in [1.82, 2.24) is 4.90 Å². The van der Waals surface area contributed by atoms with Gasteiger partial charge in [-0.2, -0.15) is 0 Å². The third-order valence-electron chi connectivity index (χ3n) is 5.07. The zero-order chi connectivity index (χ0) is 17.3. The minimum absolute atomic E-state index is 0.251. The number of likely N-dealkylation sites (tertiary alicyclic amines) is 1. The standard InChI is InChI=1S/C18H26N2O2S2/c1-11-6-7-13-14(9-11)24-16(15(13)17(21)22-3)19-18(23)20-8-4-5-12(2)10-20/h11-12H,4-10H2,1-3H3,(H,19,23)/t11-,12+/m1/s1. The summed E-state index contributed by atoms with van der Waals surface area (Å²) in [6, 6.07) is 0. The topological polar surface area (TPSA) is 41.6 Å². The molecule has 2 atom stereocenters. The van der Waals surface area contributed by atoms with Crippen LogP contribution in [-0.2, 0) is 17.6 Å². The van der Waals surface area contributed by atoms with E-state index in [1.807, 2.05) is 0 Å². The van der Waals surface area contributed by atoms with Crippen molar-refractivity contribution < 1.29 is 9.53 Å². The van der Waals surface area contributed by atoms with E-state index in [2.05, 4.69) is 24.1 Å². The van der Waals surface area contributed by atoms with Crippen LogP contribution in [-0.4, -0.2) is 36.2 Å². The fourth-order valence-corrected chi connectivity index (χ4v) is 5.44. The number of anilines is 1. The Balaban J connectivity index is 1.84. The van der Waals surface area contributed by atoms with Crippen molar-refractivity contribution in [3.05, 3.63) is 16.0 Å². The summed E-state index contributed by atoms with van der Waals surface area (Å²) < 4.78 is 5.04. The third kappa shape index (κ3) is 3.59. The van der Waals surface area contributed by atoms with Crippen LogP contribution in [0.2, 0.25) is 0 Å². The summed E-state index contributed by atoms with van der Waals surface area (Å²) in [6.07, 6.45) is 5.55. The highest BCUT2D eigenvalue weighted by molar-refractivity contribution is 7.80. The second kappa shape index (κ2) is 7.40. The maximum absolute atomic E-state index is 12.3. The molecule has 1 aromatic rings. The van der Waals surface area contributed by atoms with Crippen LogP contribution in [0, 0.1) is 11.8 Å². The molecule has 2 aliphatic rings. The van der Waals surface area contributed by atoms with Gasteiger partial charge in [0.2, 0.25) is 0 Å². The maximum Gasteiger partial charge on any atom is 0.341 e. The summed E-state index contributed by atoms with van der Waals surface area (Å²) >= 11 is 7.30. The van der Waals surface area contributed by atoms with Gasteiger partial charge in [0.1, 0.15) is 5.00 Å². The molecule has 0 saturated carbocycles. The molecule has 0 radical (unpaired) electrons. The monoisotopic (exact) mass is 366 g/mol. The Morgan fingerprint density at radius 1 is 1.33 bits per heavy atom. The first-order chi connectivity index (χ1) is 11.5. The maximum atomic E-state index is 12.3. The zero-order valence-corrected chi connectivity index (χ0v) is 16.3. The molecule has 3 rings (SSSR count). The van der Waals surface area contributed by atoms with Crippen molar-refractivity contribution in [2.24, 2.45) is 11.8 Å². The van der Waals surface area contributed by atoms with Gasteiger partial charge >= 0.3 is 5.97 Å². The highest BCUT2D eigenvalue weighted by Gasteiger charge is 2.29. The summed E-state index contributed by atoms with van der Waals surface area (Å²) in [5.74, 6) is 1.08. The van der Waals surface area contributed by atoms with Crippen LogP contribution in [0.3, 0.4) is 0 Å². The number of hydrogen-bond acceptors (Lipinski definition) is 4. The molecular formula is C18H26N2O2S2. The molecule has 1 aliphatic carbocycles. The summed E-state index contributed by atoms with van der Waals surface area (Å²) in [7, 11) is 1.45. The molecule has 1 N–H and O–H groups in total. The molecule has 0 amide bonds. The normalized spacial score (nSPS) is 23.5. The molecule has 0 spiro atoms. The van der Waals surface area contributed by atoms with E-state index in [0.29, 0.717) is 17.4 Å². The Bertz CT molecular complexity index is 641. The number of methoxy groups -OCH3 is 1. The molecule has 6 heteroatoms. The summed E-state index contributed by atoms with van der Waals surface area (Å²) in [5.41, 5.74) is 1.87. The van der Waals surface area contributed by atoms with Crippen LogP contribution in [0.25, 0.3) is 0 Å². The average Bonchev–Trinajstić information content (AvgIpc) is 2.90. The molecular weight excluding hydrogens is 340 g/mol. The predicted molar refractivity (Wildman–Crippen MR) is 103 cm³/mol. The highest BCUT2D eigenvalue weighted by Crippen LogP contribution is 2.40. The minimum atomic E-state index is -0.251. The number of esters is 1. The number of piperidine rings is 1. The second-order valence-corrected chi connectivity index (χ2v) is 8.66. The van der Waals surface area contributed by atoms with Crippen molar-refractivity contribution in [1.29, 1.82) is 0 Å². The van der Waals surface area contributed by atoms with Gasteiger partial charge in [0, 0.05) is 18.0 Å². The van der Waals surface area contributed by atoms with Crippen molar-refractivity contribution in [2.45, 2.75) is 46.0 Å². The van der Waals surface area contributed by atoms with Gasteiger partial charge in [-0.3, -0.25) is 0 Å². The van der Waals surface area contributed by atoms with Gasteiger partial charge in [0.15, 0.2) is 5.11 Å². The molecule has 1 fully saturated rings. The Hall–Kier alpha value is -1.14. The van der Waals surface area contributed by atoms with Crippen molar-refractivity contribution in [3.63, 3.8) is 0 Å². The molecule has 24 heavy (non-hydrogen) atoms. The Labute approximate surface area is 153 Å². The Morgan fingerprint density at radius 2 is 2.12 bits per heavy atom. The second-order valence-electron chi connectivity index (χ2n) is 7.17. The highest BCUT2D eigenvalue weighted by atomic mass is 32.1. The van der Waals surface area contributed by atoms with Gasteiger partial charge in [-0.25, -0.2) is 4.79 Å². The molecule has 0 bridgehead atoms. The van der Waals surface area contributed by atoms with Crippen LogP contribution in [0.4, 0.5) is 5.00 Å². The van der Waals surface area contributed by atoms with Crippen LogP contribution >= 0.6 is 23.6 Å². The Morgan fingerprint density at radius 3 is 2.83 bits per heavy atom. The fourth-order valence-electron chi connectivity index (χ4n) is 3.71. The van der Waals surface area contributed by atoms with Crippen molar-refractivity contribution >= 4 is 39.6 Å². The van der Waals surface area contributed by atoms with Gasteiger partial charge in [0.05, 0.1) is 12.7 Å².